The lowest BCUT2D eigenvalue weighted by molar-refractivity contribution is -0.136. The predicted octanol–water partition coefficient (Wildman–Crippen LogP) is 2.43. The van der Waals surface area contributed by atoms with E-state index in [0.717, 1.165) is 25.1 Å². The van der Waals surface area contributed by atoms with Crippen molar-refractivity contribution < 1.29 is 14.4 Å². The Balaban J connectivity index is 1.53. The van der Waals surface area contributed by atoms with Gasteiger partial charge in [-0.3, -0.25) is 24.6 Å². The van der Waals surface area contributed by atoms with E-state index in [0.29, 0.717) is 24.4 Å². The molecule has 0 radical (unpaired) electrons. The van der Waals surface area contributed by atoms with Crippen LogP contribution in [0, 0.1) is 0 Å². The van der Waals surface area contributed by atoms with Crippen molar-refractivity contribution in [1.29, 1.82) is 0 Å². The molecule has 0 aliphatic carbocycles. The summed E-state index contributed by atoms with van der Waals surface area (Å²) in [7, 11) is 0. The van der Waals surface area contributed by atoms with Crippen molar-refractivity contribution in [3.8, 4) is 0 Å². The van der Waals surface area contributed by atoms with Crippen LogP contribution >= 0.6 is 0 Å². The van der Waals surface area contributed by atoms with Crippen molar-refractivity contribution in [3.63, 3.8) is 0 Å². The number of piperidine rings is 2. The summed E-state index contributed by atoms with van der Waals surface area (Å²) >= 11 is 0. The van der Waals surface area contributed by atoms with Crippen LogP contribution in [0.5, 0.6) is 0 Å². The molecule has 0 saturated carbocycles. The molecule has 2 saturated heterocycles. The molecule has 1 aromatic carbocycles. The molecule has 3 aliphatic rings. The number of benzene rings is 1. The van der Waals surface area contributed by atoms with Gasteiger partial charge >= 0.3 is 0 Å². The molecule has 2 atom stereocenters. The van der Waals surface area contributed by atoms with Crippen LogP contribution < -0.4 is 5.32 Å². The SMILES string of the molecule is CC(C)(C)N1CCCC(c2ccc3c(c2)CN(C2CCC(=O)NC2=O)C3=O)C1. The van der Waals surface area contributed by atoms with E-state index >= 15 is 0 Å². The molecule has 150 valence electrons. The van der Waals surface area contributed by atoms with Crippen LogP contribution in [-0.2, 0) is 16.1 Å². The second-order valence-electron chi connectivity index (χ2n) is 9.27. The third-order valence-electron chi connectivity index (χ3n) is 6.39. The number of amides is 3. The Morgan fingerprint density at radius 3 is 2.61 bits per heavy atom. The summed E-state index contributed by atoms with van der Waals surface area (Å²) in [6.07, 6.45) is 3.03. The molecule has 1 N–H and O–H groups in total. The summed E-state index contributed by atoms with van der Waals surface area (Å²) in [5.41, 5.74) is 3.14. The molecule has 1 aromatic rings. The van der Waals surface area contributed by atoms with Gasteiger partial charge in [0, 0.05) is 30.6 Å². The molecule has 4 rings (SSSR count). The molecule has 6 heteroatoms. The topological polar surface area (TPSA) is 69.7 Å². The Morgan fingerprint density at radius 2 is 1.89 bits per heavy atom. The first-order valence-electron chi connectivity index (χ1n) is 10.3. The number of hydrogen-bond acceptors (Lipinski definition) is 4. The molecular formula is C22H29N3O3. The Morgan fingerprint density at radius 1 is 1.11 bits per heavy atom. The van der Waals surface area contributed by atoms with Crippen LogP contribution in [0.4, 0.5) is 0 Å². The molecule has 3 aliphatic heterocycles. The number of nitrogens with zero attached hydrogens (tertiary/aromatic N) is 2. The van der Waals surface area contributed by atoms with Gasteiger partial charge in [0.15, 0.2) is 0 Å². The lowest BCUT2D eigenvalue weighted by Gasteiger charge is -2.41. The zero-order chi connectivity index (χ0) is 20.1. The van der Waals surface area contributed by atoms with E-state index in [2.05, 4.69) is 43.1 Å². The minimum atomic E-state index is -0.549. The van der Waals surface area contributed by atoms with E-state index in [1.807, 2.05) is 6.07 Å². The molecule has 2 unspecified atom stereocenters. The molecule has 3 heterocycles. The first kappa shape index (κ1) is 19.1. The van der Waals surface area contributed by atoms with Crippen molar-refractivity contribution >= 4 is 17.7 Å². The first-order valence-corrected chi connectivity index (χ1v) is 10.3. The fraction of sp³-hybridized carbons (Fsp3) is 0.591. The number of imide groups is 1. The lowest BCUT2D eigenvalue weighted by Crippen LogP contribution is -2.52. The van der Waals surface area contributed by atoms with Crippen molar-refractivity contribution in [2.24, 2.45) is 0 Å². The van der Waals surface area contributed by atoms with E-state index < -0.39 is 6.04 Å². The Bertz CT molecular complexity index is 827. The molecule has 0 aromatic heterocycles. The van der Waals surface area contributed by atoms with E-state index in [4.69, 9.17) is 0 Å². The molecular weight excluding hydrogens is 354 g/mol. The van der Waals surface area contributed by atoms with Gasteiger partial charge in [-0.15, -0.1) is 0 Å². The van der Waals surface area contributed by atoms with Gasteiger partial charge in [0.1, 0.15) is 6.04 Å². The van der Waals surface area contributed by atoms with E-state index in [9.17, 15) is 14.4 Å². The zero-order valence-corrected chi connectivity index (χ0v) is 17.0. The highest BCUT2D eigenvalue weighted by Crippen LogP contribution is 2.34. The van der Waals surface area contributed by atoms with E-state index in [-0.39, 0.29) is 29.7 Å². The van der Waals surface area contributed by atoms with Gasteiger partial charge in [0.25, 0.3) is 5.91 Å². The summed E-state index contributed by atoms with van der Waals surface area (Å²) in [5, 5.41) is 2.36. The summed E-state index contributed by atoms with van der Waals surface area (Å²) in [6, 6.07) is 5.62. The average molecular weight is 383 g/mol. The highest BCUT2D eigenvalue weighted by atomic mass is 16.2. The Labute approximate surface area is 166 Å². The first-order chi connectivity index (χ1) is 13.2. The van der Waals surface area contributed by atoms with E-state index in [1.54, 1.807) is 4.90 Å². The maximum Gasteiger partial charge on any atom is 0.255 e. The van der Waals surface area contributed by atoms with Crippen molar-refractivity contribution in [2.75, 3.05) is 13.1 Å². The number of nitrogens with one attached hydrogen (secondary N) is 1. The second kappa shape index (κ2) is 6.99. The van der Waals surface area contributed by atoms with Gasteiger partial charge < -0.3 is 4.90 Å². The van der Waals surface area contributed by atoms with Crippen LogP contribution in [-0.4, -0.2) is 52.2 Å². The second-order valence-corrected chi connectivity index (χ2v) is 9.27. The third-order valence-corrected chi connectivity index (χ3v) is 6.39. The van der Waals surface area contributed by atoms with Crippen LogP contribution in [0.15, 0.2) is 18.2 Å². The number of carbonyl (C=O) groups excluding carboxylic acids is 3. The number of likely N-dealkylation sites (tertiary alicyclic amines) is 1. The lowest BCUT2D eigenvalue weighted by atomic mass is 9.87. The molecule has 6 nitrogen and oxygen atoms in total. The largest absolute Gasteiger partial charge is 0.322 e. The quantitative estimate of drug-likeness (QED) is 0.797. The van der Waals surface area contributed by atoms with Crippen LogP contribution in [0.1, 0.15) is 73.9 Å². The number of carbonyl (C=O) groups is 3. The van der Waals surface area contributed by atoms with Gasteiger partial charge in [-0.25, -0.2) is 0 Å². The number of fused-ring (bicyclic) bond motifs is 1. The predicted molar refractivity (Wildman–Crippen MR) is 106 cm³/mol. The Kier molecular flexibility index (Phi) is 4.78. The molecule has 3 amide bonds. The number of hydrogen-bond donors (Lipinski definition) is 1. The zero-order valence-electron chi connectivity index (χ0n) is 17.0. The van der Waals surface area contributed by atoms with Crippen molar-refractivity contribution in [1.82, 2.24) is 15.1 Å². The van der Waals surface area contributed by atoms with E-state index in [1.165, 1.54) is 12.0 Å². The van der Waals surface area contributed by atoms with Crippen LogP contribution in [0.25, 0.3) is 0 Å². The fourth-order valence-corrected chi connectivity index (χ4v) is 4.71. The summed E-state index contributed by atoms with van der Waals surface area (Å²) < 4.78 is 0. The van der Waals surface area contributed by atoms with Gasteiger partial charge in [0.2, 0.25) is 11.8 Å². The summed E-state index contributed by atoms with van der Waals surface area (Å²) in [6.45, 7) is 9.39. The number of rotatable bonds is 2. The molecule has 28 heavy (non-hydrogen) atoms. The van der Waals surface area contributed by atoms with Gasteiger partial charge in [-0.1, -0.05) is 12.1 Å². The maximum absolute atomic E-state index is 12.8. The summed E-state index contributed by atoms with van der Waals surface area (Å²) in [4.78, 5) is 40.6. The Hall–Kier alpha value is -2.21. The maximum atomic E-state index is 12.8. The fourth-order valence-electron chi connectivity index (χ4n) is 4.71. The van der Waals surface area contributed by atoms with Crippen LogP contribution in [0.3, 0.4) is 0 Å². The van der Waals surface area contributed by atoms with Crippen molar-refractivity contribution in [3.05, 3.63) is 34.9 Å². The minimum Gasteiger partial charge on any atom is -0.322 e. The minimum absolute atomic E-state index is 0.101. The normalized spacial score (nSPS) is 26.4. The van der Waals surface area contributed by atoms with Crippen molar-refractivity contribution in [2.45, 2.75) is 70.5 Å². The summed E-state index contributed by atoms with van der Waals surface area (Å²) in [5.74, 6) is -0.242. The smallest absolute Gasteiger partial charge is 0.255 e. The van der Waals surface area contributed by atoms with Crippen LogP contribution in [0.2, 0.25) is 0 Å². The highest BCUT2D eigenvalue weighted by Gasteiger charge is 2.39. The molecule has 0 bridgehead atoms. The molecule has 0 spiro atoms. The van der Waals surface area contributed by atoms with Gasteiger partial charge in [-0.05, 0) is 69.7 Å². The average Bonchev–Trinajstić information content (AvgIpc) is 2.97. The highest BCUT2D eigenvalue weighted by molar-refractivity contribution is 6.05. The third kappa shape index (κ3) is 3.46. The monoisotopic (exact) mass is 383 g/mol. The van der Waals surface area contributed by atoms with Gasteiger partial charge in [0.05, 0.1) is 0 Å². The standard InChI is InChI=1S/C22H29N3O3/c1-22(2,3)24-10-4-5-15(12-24)14-6-7-17-16(11-14)13-25(21(17)28)18-8-9-19(26)23-20(18)27/h6-7,11,15,18H,4-5,8-10,12-13H2,1-3H3,(H,23,26,27). The van der Waals surface area contributed by atoms with Gasteiger partial charge in [-0.2, -0.15) is 0 Å². The molecule has 2 fully saturated rings.